The van der Waals surface area contributed by atoms with Gasteiger partial charge in [0, 0.05) is 29.3 Å². The van der Waals surface area contributed by atoms with Gasteiger partial charge >= 0.3 is 0 Å². The molecule has 0 aliphatic rings. The van der Waals surface area contributed by atoms with Gasteiger partial charge in [-0.25, -0.2) is 4.39 Å². The molecule has 3 rings (SSSR count). The van der Waals surface area contributed by atoms with Crippen LogP contribution in [0.15, 0.2) is 22.6 Å². The molecular formula is C16H18FN3O. The summed E-state index contributed by atoms with van der Waals surface area (Å²) in [6.45, 7) is 5.81. The molecule has 0 fully saturated rings. The van der Waals surface area contributed by atoms with Crippen molar-refractivity contribution in [2.75, 3.05) is 0 Å². The number of furan rings is 1. The number of halogens is 1. The molecule has 0 saturated heterocycles. The molecule has 1 unspecified atom stereocenters. The molecule has 110 valence electrons. The Bertz CT molecular complexity index is 832. The van der Waals surface area contributed by atoms with Crippen LogP contribution in [0.1, 0.15) is 34.3 Å². The molecule has 0 aliphatic heterocycles. The van der Waals surface area contributed by atoms with Crippen LogP contribution in [0.4, 0.5) is 4.39 Å². The van der Waals surface area contributed by atoms with Gasteiger partial charge in [-0.05, 0) is 39.0 Å². The molecule has 0 aliphatic carbocycles. The van der Waals surface area contributed by atoms with Gasteiger partial charge in [0.05, 0.1) is 11.7 Å². The topological polar surface area (TPSA) is 57.0 Å². The van der Waals surface area contributed by atoms with Gasteiger partial charge in [-0.15, -0.1) is 0 Å². The van der Waals surface area contributed by atoms with Gasteiger partial charge in [-0.1, -0.05) is 0 Å². The van der Waals surface area contributed by atoms with Crippen LogP contribution in [0.5, 0.6) is 0 Å². The molecule has 0 spiro atoms. The van der Waals surface area contributed by atoms with Crippen molar-refractivity contribution in [2.45, 2.75) is 26.8 Å². The van der Waals surface area contributed by atoms with Crippen LogP contribution in [0.3, 0.4) is 0 Å². The molecule has 4 nitrogen and oxygen atoms in total. The molecule has 21 heavy (non-hydrogen) atoms. The minimum absolute atomic E-state index is 0.278. The smallest absolute Gasteiger partial charge is 0.134 e. The zero-order chi connectivity index (χ0) is 15.3. The monoisotopic (exact) mass is 287 g/mol. The molecule has 1 aromatic carbocycles. The Morgan fingerprint density at radius 3 is 2.62 bits per heavy atom. The van der Waals surface area contributed by atoms with Gasteiger partial charge in [0.1, 0.15) is 17.2 Å². The first-order chi connectivity index (χ1) is 9.90. The molecule has 2 aromatic heterocycles. The maximum absolute atomic E-state index is 13.4. The summed E-state index contributed by atoms with van der Waals surface area (Å²) in [5.74, 6) is 0.384. The number of hydrogen-bond donors (Lipinski definition) is 1. The zero-order valence-electron chi connectivity index (χ0n) is 12.6. The van der Waals surface area contributed by atoms with Gasteiger partial charge < -0.3 is 10.2 Å². The fraction of sp³-hybridized carbons (Fsp3) is 0.312. The Balaban J connectivity index is 2.18. The minimum Gasteiger partial charge on any atom is -0.459 e. The summed E-state index contributed by atoms with van der Waals surface area (Å²) in [4.78, 5) is 0. The Hall–Kier alpha value is -2.14. The number of nitrogens with two attached hydrogens (primary N) is 1. The Kier molecular flexibility index (Phi) is 3.10. The van der Waals surface area contributed by atoms with Crippen LogP contribution in [0.25, 0.3) is 11.0 Å². The predicted octanol–water partition coefficient (Wildman–Crippen LogP) is 3.28. The average molecular weight is 287 g/mol. The highest BCUT2D eigenvalue weighted by Crippen LogP contribution is 2.33. The number of aromatic nitrogens is 2. The molecule has 3 aromatic rings. The van der Waals surface area contributed by atoms with Gasteiger partial charge in [-0.3, -0.25) is 4.68 Å². The number of hydrogen-bond acceptors (Lipinski definition) is 3. The van der Waals surface area contributed by atoms with E-state index in [4.69, 9.17) is 10.2 Å². The van der Waals surface area contributed by atoms with Crippen molar-refractivity contribution in [3.05, 3.63) is 52.3 Å². The van der Waals surface area contributed by atoms with E-state index in [1.54, 1.807) is 6.07 Å². The van der Waals surface area contributed by atoms with Gasteiger partial charge in [0.2, 0.25) is 0 Å². The fourth-order valence-electron chi connectivity index (χ4n) is 2.88. The van der Waals surface area contributed by atoms with Crippen molar-refractivity contribution in [1.29, 1.82) is 0 Å². The molecule has 0 radical (unpaired) electrons. The first-order valence-electron chi connectivity index (χ1n) is 6.84. The normalized spacial score (nSPS) is 13.0. The summed E-state index contributed by atoms with van der Waals surface area (Å²) in [5.41, 5.74) is 10.8. The van der Waals surface area contributed by atoms with Gasteiger partial charge in [0.25, 0.3) is 0 Å². The highest BCUT2D eigenvalue weighted by Gasteiger charge is 2.24. The van der Waals surface area contributed by atoms with Crippen molar-refractivity contribution in [2.24, 2.45) is 12.8 Å². The van der Waals surface area contributed by atoms with E-state index in [0.29, 0.717) is 11.3 Å². The lowest BCUT2D eigenvalue weighted by Gasteiger charge is -2.11. The predicted molar refractivity (Wildman–Crippen MR) is 79.6 cm³/mol. The maximum Gasteiger partial charge on any atom is 0.134 e. The van der Waals surface area contributed by atoms with Crippen molar-refractivity contribution < 1.29 is 8.81 Å². The number of aryl methyl sites for hydroxylation is 3. The second-order valence-electron chi connectivity index (χ2n) is 5.42. The van der Waals surface area contributed by atoms with E-state index in [1.165, 1.54) is 12.1 Å². The van der Waals surface area contributed by atoms with Gasteiger partial charge in [-0.2, -0.15) is 5.10 Å². The van der Waals surface area contributed by atoms with Crippen LogP contribution in [-0.4, -0.2) is 9.78 Å². The summed E-state index contributed by atoms with van der Waals surface area (Å²) in [5, 5.41) is 5.15. The third kappa shape index (κ3) is 2.05. The Labute approximate surface area is 122 Å². The number of fused-ring (bicyclic) bond motifs is 1. The van der Waals surface area contributed by atoms with Crippen LogP contribution >= 0.6 is 0 Å². The van der Waals surface area contributed by atoms with E-state index in [9.17, 15) is 4.39 Å². The number of benzene rings is 1. The van der Waals surface area contributed by atoms with Crippen molar-refractivity contribution in [3.63, 3.8) is 0 Å². The number of rotatable bonds is 2. The van der Waals surface area contributed by atoms with Crippen LogP contribution in [0.2, 0.25) is 0 Å². The zero-order valence-corrected chi connectivity index (χ0v) is 12.6. The van der Waals surface area contributed by atoms with E-state index < -0.39 is 6.04 Å². The standard InChI is InChI=1S/C16H18FN3O/c1-8-12-7-11(17)5-6-13(12)21-16(8)15(18)14-9(2)19-20(4)10(14)3/h5-7,15H,18H2,1-4H3. The summed E-state index contributed by atoms with van der Waals surface area (Å²) < 4.78 is 21.1. The fourth-order valence-corrected chi connectivity index (χ4v) is 2.88. The van der Waals surface area contributed by atoms with Crippen molar-refractivity contribution in [3.8, 4) is 0 Å². The first-order valence-corrected chi connectivity index (χ1v) is 6.84. The summed E-state index contributed by atoms with van der Waals surface area (Å²) in [6.07, 6.45) is 0. The molecule has 5 heteroatoms. The van der Waals surface area contributed by atoms with Crippen molar-refractivity contribution >= 4 is 11.0 Å². The third-order valence-electron chi connectivity index (χ3n) is 4.09. The molecular weight excluding hydrogens is 269 g/mol. The maximum atomic E-state index is 13.4. The van der Waals surface area contributed by atoms with E-state index >= 15 is 0 Å². The highest BCUT2D eigenvalue weighted by molar-refractivity contribution is 5.82. The average Bonchev–Trinajstić information content (AvgIpc) is 2.88. The molecule has 0 amide bonds. The van der Waals surface area contributed by atoms with E-state index in [0.717, 1.165) is 27.9 Å². The second-order valence-corrected chi connectivity index (χ2v) is 5.42. The summed E-state index contributed by atoms with van der Waals surface area (Å²) in [6, 6.07) is 4.10. The summed E-state index contributed by atoms with van der Waals surface area (Å²) >= 11 is 0. The molecule has 2 N–H and O–H groups in total. The lowest BCUT2D eigenvalue weighted by atomic mass is 10.00. The lowest BCUT2D eigenvalue weighted by molar-refractivity contribution is 0.519. The van der Waals surface area contributed by atoms with E-state index in [-0.39, 0.29) is 5.82 Å². The third-order valence-corrected chi connectivity index (χ3v) is 4.09. The largest absolute Gasteiger partial charge is 0.459 e. The summed E-state index contributed by atoms with van der Waals surface area (Å²) in [7, 11) is 1.89. The quantitative estimate of drug-likeness (QED) is 0.787. The Morgan fingerprint density at radius 1 is 1.29 bits per heavy atom. The highest BCUT2D eigenvalue weighted by atomic mass is 19.1. The van der Waals surface area contributed by atoms with Crippen LogP contribution in [0, 0.1) is 26.6 Å². The van der Waals surface area contributed by atoms with Crippen LogP contribution < -0.4 is 5.73 Å². The molecule has 2 heterocycles. The van der Waals surface area contributed by atoms with Crippen LogP contribution in [-0.2, 0) is 7.05 Å². The van der Waals surface area contributed by atoms with E-state index in [2.05, 4.69) is 5.10 Å². The molecule has 0 bridgehead atoms. The van der Waals surface area contributed by atoms with Crippen molar-refractivity contribution in [1.82, 2.24) is 9.78 Å². The SMILES string of the molecule is Cc1nn(C)c(C)c1C(N)c1oc2ccc(F)cc2c1C. The minimum atomic E-state index is -0.408. The van der Waals surface area contributed by atoms with Gasteiger partial charge in [0.15, 0.2) is 0 Å². The lowest BCUT2D eigenvalue weighted by Crippen LogP contribution is -2.14. The second kappa shape index (κ2) is 4.70. The van der Waals surface area contributed by atoms with E-state index in [1.807, 2.05) is 32.5 Å². The number of nitrogens with zero attached hydrogens (tertiary/aromatic N) is 2. The Morgan fingerprint density at radius 2 is 2.00 bits per heavy atom. The molecule has 1 atom stereocenters. The first kappa shape index (κ1) is 13.8. The molecule has 0 saturated carbocycles.